The molecule has 0 spiro atoms. The molecular formula is C9H13BrN2. The molecule has 0 amide bonds. The molecule has 0 aromatic carbocycles. The Labute approximate surface area is 81.3 Å². The second kappa shape index (κ2) is 4.01. The van der Waals surface area contributed by atoms with Crippen molar-refractivity contribution in [3.05, 3.63) is 28.5 Å². The van der Waals surface area contributed by atoms with Crippen molar-refractivity contribution in [3.8, 4) is 0 Å². The van der Waals surface area contributed by atoms with Gasteiger partial charge in [0.2, 0.25) is 0 Å². The second-order valence-corrected chi connectivity index (χ2v) is 4.09. The van der Waals surface area contributed by atoms with E-state index in [0.29, 0.717) is 5.92 Å². The van der Waals surface area contributed by atoms with Crippen LogP contribution in [-0.4, -0.2) is 4.98 Å². The summed E-state index contributed by atoms with van der Waals surface area (Å²) in [5.41, 5.74) is 6.86. The maximum Gasteiger partial charge on any atom is 0.0574 e. The number of pyridine rings is 1. The van der Waals surface area contributed by atoms with Gasteiger partial charge in [0.1, 0.15) is 0 Å². The molecule has 0 fully saturated rings. The van der Waals surface area contributed by atoms with Crippen molar-refractivity contribution < 1.29 is 0 Å². The van der Waals surface area contributed by atoms with Crippen molar-refractivity contribution in [3.63, 3.8) is 0 Å². The first-order valence-corrected chi connectivity index (χ1v) is 4.77. The lowest BCUT2D eigenvalue weighted by Gasteiger charge is -2.14. The Balaban J connectivity index is 2.82. The smallest absolute Gasteiger partial charge is 0.0574 e. The number of aromatic nitrogens is 1. The van der Waals surface area contributed by atoms with E-state index in [1.54, 1.807) is 6.20 Å². The van der Waals surface area contributed by atoms with Gasteiger partial charge in [-0.25, -0.2) is 0 Å². The van der Waals surface area contributed by atoms with Crippen LogP contribution in [0.1, 0.15) is 25.6 Å². The molecule has 0 aliphatic rings. The lowest BCUT2D eigenvalue weighted by Crippen LogP contribution is -2.17. The van der Waals surface area contributed by atoms with E-state index in [-0.39, 0.29) is 6.04 Å². The molecule has 0 bridgehead atoms. The molecule has 66 valence electrons. The quantitative estimate of drug-likeness (QED) is 0.846. The Hall–Kier alpha value is -0.410. The maximum atomic E-state index is 5.91. The third-order valence-electron chi connectivity index (χ3n) is 1.81. The van der Waals surface area contributed by atoms with Crippen molar-refractivity contribution in [1.29, 1.82) is 0 Å². The van der Waals surface area contributed by atoms with E-state index in [2.05, 4.69) is 34.8 Å². The number of hydrogen-bond acceptors (Lipinski definition) is 2. The first kappa shape index (κ1) is 9.68. The van der Waals surface area contributed by atoms with Crippen LogP contribution >= 0.6 is 15.9 Å². The number of hydrogen-bond donors (Lipinski definition) is 1. The minimum absolute atomic E-state index is 0.0399. The van der Waals surface area contributed by atoms with Gasteiger partial charge in [-0.2, -0.15) is 0 Å². The molecule has 1 heterocycles. The minimum atomic E-state index is 0.0399. The summed E-state index contributed by atoms with van der Waals surface area (Å²) in [7, 11) is 0. The molecule has 1 unspecified atom stereocenters. The number of rotatable bonds is 2. The topological polar surface area (TPSA) is 38.9 Å². The van der Waals surface area contributed by atoms with Gasteiger partial charge in [0.05, 0.1) is 5.69 Å². The van der Waals surface area contributed by atoms with Crippen LogP contribution < -0.4 is 5.73 Å². The van der Waals surface area contributed by atoms with Crippen LogP contribution in [0.5, 0.6) is 0 Å². The summed E-state index contributed by atoms with van der Waals surface area (Å²) in [5, 5.41) is 0. The Bertz CT molecular complexity index is 243. The standard InChI is InChI=1S/C9H13BrN2/c1-6(2)9(11)8-4-3-7(10)5-12-8/h3-6,9H,11H2,1-2H3. The Morgan fingerprint density at radius 3 is 2.50 bits per heavy atom. The highest BCUT2D eigenvalue weighted by Crippen LogP contribution is 2.17. The fourth-order valence-electron chi connectivity index (χ4n) is 0.926. The Kier molecular flexibility index (Phi) is 3.23. The highest BCUT2D eigenvalue weighted by atomic mass is 79.9. The summed E-state index contributed by atoms with van der Waals surface area (Å²) in [6, 6.07) is 3.96. The first-order valence-electron chi connectivity index (χ1n) is 3.98. The fraction of sp³-hybridized carbons (Fsp3) is 0.444. The van der Waals surface area contributed by atoms with Gasteiger partial charge < -0.3 is 5.73 Å². The van der Waals surface area contributed by atoms with Crippen molar-refractivity contribution in [2.24, 2.45) is 11.7 Å². The molecule has 12 heavy (non-hydrogen) atoms. The summed E-state index contributed by atoms with van der Waals surface area (Å²) < 4.78 is 0.988. The third kappa shape index (κ3) is 2.29. The largest absolute Gasteiger partial charge is 0.322 e. The van der Waals surface area contributed by atoms with Crippen LogP contribution in [0.25, 0.3) is 0 Å². The van der Waals surface area contributed by atoms with Gasteiger partial charge in [-0.05, 0) is 34.0 Å². The van der Waals surface area contributed by atoms with Gasteiger partial charge in [-0.15, -0.1) is 0 Å². The van der Waals surface area contributed by atoms with E-state index in [9.17, 15) is 0 Å². The predicted molar refractivity (Wildman–Crippen MR) is 53.7 cm³/mol. The van der Waals surface area contributed by atoms with Gasteiger partial charge in [0.25, 0.3) is 0 Å². The van der Waals surface area contributed by atoms with Crippen LogP contribution in [0.4, 0.5) is 0 Å². The van der Waals surface area contributed by atoms with E-state index in [1.807, 2.05) is 12.1 Å². The van der Waals surface area contributed by atoms with Gasteiger partial charge >= 0.3 is 0 Å². The average molecular weight is 229 g/mol. The molecule has 0 saturated heterocycles. The molecule has 1 rings (SSSR count). The predicted octanol–water partition coefficient (Wildman–Crippen LogP) is 2.50. The number of halogens is 1. The normalized spacial score (nSPS) is 13.4. The zero-order chi connectivity index (χ0) is 9.14. The fourth-order valence-corrected chi connectivity index (χ4v) is 1.16. The van der Waals surface area contributed by atoms with Crippen LogP contribution in [0.15, 0.2) is 22.8 Å². The average Bonchev–Trinajstić information content (AvgIpc) is 2.04. The highest BCUT2D eigenvalue weighted by Gasteiger charge is 2.10. The molecule has 0 radical (unpaired) electrons. The van der Waals surface area contributed by atoms with Crippen LogP contribution in [0.2, 0.25) is 0 Å². The SMILES string of the molecule is CC(C)C(N)c1ccc(Br)cn1. The number of nitrogens with two attached hydrogens (primary N) is 1. The minimum Gasteiger partial charge on any atom is -0.322 e. The lowest BCUT2D eigenvalue weighted by atomic mass is 10.0. The molecule has 1 aromatic rings. The van der Waals surface area contributed by atoms with E-state index in [0.717, 1.165) is 10.2 Å². The van der Waals surface area contributed by atoms with E-state index in [4.69, 9.17) is 5.73 Å². The third-order valence-corrected chi connectivity index (χ3v) is 2.28. The van der Waals surface area contributed by atoms with Gasteiger partial charge in [0, 0.05) is 16.7 Å². The monoisotopic (exact) mass is 228 g/mol. The van der Waals surface area contributed by atoms with Crippen LogP contribution in [-0.2, 0) is 0 Å². The van der Waals surface area contributed by atoms with Crippen molar-refractivity contribution in [1.82, 2.24) is 4.98 Å². The zero-order valence-electron chi connectivity index (χ0n) is 7.29. The summed E-state index contributed by atoms with van der Waals surface area (Å²) in [6.45, 7) is 4.18. The van der Waals surface area contributed by atoms with Crippen LogP contribution in [0.3, 0.4) is 0 Å². The molecular weight excluding hydrogens is 216 g/mol. The summed E-state index contributed by atoms with van der Waals surface area (Å²) in [6.07, 6.45) is 1.78. The molecule has 2 N–H and O–H groups in total. The zero-order valence-corrected chi connectivity index (χ0v) is 8.88. The van der Waals surface area contributed by atoms with Crippen LogP contribution in [0, 0.1) is 5.92 Å². The summed E-state index contributed by atoms with van der Waals surface area (Å²) in [4.78, 5) is 4.23. The molecule has 0 saturated carbocycles. The van der Waals surface area contributed by atoms with E-state index < -0.39 is 0 Å². The molecule has 1 aromatic heterocycles. The summed E-state index contributed by atoms with van der Waals surface area (Å²) >= 11 is 3.33. The van der Waals surface area contributed by atoms with Gasteiger partial charge in [-0.3, -0.25) is 4.98 Å². The first-order chi connectivity index (χ1) is 5.61. The van der Waals surface area contributed by atoms with Gasteiger partial charge in [-0.1, -0.05) is 13.8 Å². The molecule has 0 aliphatic heterocycles. The molecule has 1 atom stereocenters. The molecule has 3 heteroatoms. The lowest BCUT2D eigenvalue weighted by molar-refractivity contribution is 0.503. The molecule has 0 aliphatic carbocycles. The summed E-state index contributed by atoms with van der Waals surface area (Å²) in [5.74, 6) is 0.429. The molecule has 2 nitrogen and oxygen atoms in total. The van der Waals surface area contributed by atoms with E-state index in [1.165, 1.54) is 0 Å². The second-order valence-electron chi connectivity index (χ2n) is 3.17. The van der Waals surface area contributed by atoms with Crippen molar-refractivity contribution in [2.75, 3.05) is 0 Å². The van der Waals surface area contributed by atoms with E-state index >= 15 is 0 Å². The Morgan fingerprint density at radius 1 is 1.42 bits per heavy atom. The number of nitrogens with zero attached hydrogens (tertiary/aromatic N) is 1. The Morgan fingerprint density at radius 2 is 2.08 bits per heavy atom. The highest BCUT2D eigenvalue weighted by molar-refractivity contribution is 9.10. The van der Waals surface area contributed by atoms with Crippen molar-refractivity contribution in [2.45, 2.75) is 19.9 Å². The van der Waals surface area contributed by atoms with Crippen molar-refractivity contribution >= 4 is 15.9 Å². The van der Waals surface area contributed by atoms with Gasteiger partial charge in [0.15, 0.2) is 0 Å². The maximum absolute atomic E-state index is 5.91.